The van der Waals surface area contributed by atoms with Gasteiger partial charge in [0, 0.05) is 6.42 Å². The van der Waals surface area contributed by atoms with Crippen LogP contribution < -0.4 is 21.7 Å². The molecule has 1 aliphatic heterocycles. The molecule has 5 heteroatoms. The second-order valence-electron chi connectivity index (χ2n) is 3.45. The first-order chi connectivity index (χ1) is 7.22. The standard InChI is InChI=1S/C10H13N3O2/c11-9(10(14)13-12)7-1-2-8-6(5-7)3-4-15-8/h1-2,5,9H,3-4,11-12H2,(H,13,14). The van der Waals surface area contributed by atoms with Crippen molar-refractivity contribution in [3.8, 4) is 5.75 Å². The van der Waals surface area contributed by atoms with Gasteiger partial charge in [0.2, 0.25) is 0 Å². The van der Waals surface area contributed by atoms with E-state index >= 15 is 0 Å². The van der Waals surface area contributed by atoms with Crippen molar-refractivity contribution < 1.29 is 9.53 Å². The predicted molar refractivity (Wildman–Crippen MR) is 54.9 cm³/mol. The minimum Gasteiger partial charge on any atom is -0.493 e. The Labute approximate surface area is 87.4 Å². The number of amides is 1. The number of carbonyl (C=O) groups excluding carboxylic acids is 1. The van der Waals surface area contributed by atoms with Crippen molar-refractivity contribution in [2.75, 3.05) is 6.61 Å². The molecule has 80 valence electrons. The number of fused-ring (bicyclic) bond motifs is 1. The van der Waals surface area contributed by atoms with Gasteiger partial charge in [0.25, 0.3) is 5.91 Å². The first-order valence-electron chi connectivity index (χ1n) is 4.74. The molecule has 0 saturated carbocycles. The Balaban J connectivity index is 2.26. The molecule has 2 rings (SSSR count). The first-order valence-corrected chi connectivity index (χ1v) is 4.74. The zero-order chi connectivity index (χ0) is 10.8. The van der Waals surface area contributed by atoms with Crippen LogP contribution in [0.5, 0.6) is 5.75 Å². The van der Waals surface area contributed by atoms with E-state index in [-0.39, 0.29) is 0 Å². The average Bonchev–Trinajstić information content (AvgIpc) is 2.73. The van der Waals surface area contributed by atoms with Gasteiger partial charge in [0.15, 0.2) is 0 Å². The largest absolute Gasteiger partial charge is 0.493 e. The second kappa shape index (κ2) is 3.88. The molecule has 1 atom stereocenters. The highest BCUT2D eigenvalue weighted by Crippen LogP contribution is 2.27. The normalized spacial score (nSPS) is 15.3. The molecule has 0 fully saturated rings. The minimum absolute atomic E-state index is 0.395. The zero-order valence-electron chi connectivity index (χ0n) is 8.19. The van der Waals surface area contributed by atoms with Gasteiger partial charge in [-0.25, -0.2) is 5.84 Å². The molecular formula is C10H13N3O2. The molecule has 1 aromatic carbocycles. The summed E-state index contributed by atoms with van der Waals surface area (Å²) in [4.78, 5) is 11.2. The van der Waals surface area contributed by atoms with Gasteiger partial charge in [-0.2, -0.15) is 0 Å². The highest BCUT2D eigenvalue weighted by molar-refractivity contribution is 5.82. The summed E-state index contributed by atoms with van der Waals surface area (Å²) in [6, 6.07) is 4.79. The molecule has 0 spiro atoms. The highest BCUT2D eigenvalue weighted by atomic mass is 16.5. The SMILES string of the molecule is NNC(=O)C(N)c1ccc2c(c1)CCO2. The third kappa shape index (κ3) is 1.79. The summed E-state index contributed by atoms with van der Waals surface area (Å²) in [5.74, 6) is 5.50. The van der Waals surface area contributed by atoms with Crippen LogP contribution in [-0.4, -0.2) is 12.5 Å². The Bertz CT molecular complexity index is 392. The maximum absolute atomic E-state index is 11.2. The van der Waals surface area contributed by atoms with Crippen molar-refractivity contribution in [2.24, 2.45) is 11.6 Å². The summed E-state index contributed by atoms with van der Waals surface area (Å²) in [7, 11) is 0. The van der Waals surface area contributed by atoms with Gasteiger partial charge in [0.05, 0.1) is 6.61 Å². The Morgan fingerprint density at radius 3 is 3.07 bits per heavy atom. The summed E-state index contributed by atoms with van der Waals surface area (Å²) in [5, 5.41) is 0. The van der Waals surface area contributed by atoms with Gasteiger partial charge in [-0.05, 0) is 23.3 Å². The van der Waals surface area contributed by atoms with Crippen LogP contribution in [0, 0.1) is 0 Å². The third-order valence-electron chi connectivity index (χ3n) is 2.50. The van der Waals surface area contributed by atoms with Gasteiger partial charge in [-0.1, -0.05) is 6.07 Å². The van der Waals surface area contributed by atoms with E-state index in [1.807, 2.05) is 17.6 Å². The molecule has 1 unspecified atom stereocenters. The fraction of sp³-hybridized carbons (Fsp3) is 0.300. The Morgan fingerprint density at radius 1 is 1.53 bits per heavy atom. The van der Waals surface area contributed by atoms with Crippen molar-refractivity contribution in [2.45, 2.75) is 12.5 Å². The van der Waals surface area contributed by atoms with Crippen LogP contribution in [0.3, 0.4) is 0 Å². The molecule has 0 aliphatic carbocycles. The average molecular weight is 207 g/mol. The van der Waals surface area contributed by atoms with Crippen LogP contribution in [0.1, 0.15) is 17.2 Å². The number of benzene rings is 1. The van der Waals surface area contributed by atoms with E-state index in [1.165, 1.54) is 0 Å². The summed E-state index contributed by atoms with van der Waals surface area (Å²) < 4.78 is 5.35. The van der Waals surface area contributed by atoms with E-state index in [9.17, 15) is 4.79 Å². The quantitative estimate of drug-likeness (QED) is 0.350. The molecule has 5 nitrogen and oxygen atoms in total. The van der Waals surface area contributed by atoms with E-state index in [2.05, 4.69) is 0 Å². The maximum Gasteiger partial charge on any atom is 0.255 e. The monoisotopic (exact) mass is 207 g/mol. The fourth-order valence-corrected chi connectivity index (χ4v) is 1.64. The lowest BCUT2D eigenvalue weighted by Gasteiger charge is -2.10. The van der Waals surface area contributed by atoms with Crippen LogP contribution in [-0.2, 0) is 11.2 Å². The molecule has 0 aromatic heterocycles. The van der Waals surface area contributed by atoms with Gasteiger partial charge < -0.3 is 10.5 Å². The van der Waals surface area contributed by atoms with Crippen molar-refractivity contribution in [3.63, 3.8) is 0 Å². The summed E-state index contributed by atoms with van der Waals surface area (Å²) >= 11 is 0. The van der Waals surface area contributed by atoms with Crippen molar-refractivity contribution >= 4 is 5.91 Å². The van der Waals surface area contributed by atoms with E-state index in [0.29, 0.717) is 6.61 Å². The van der Waals surface area contributed by atoms with Crippen LogP contribution in [0.25, 0.3) is 0 Å². The predicted octanol–water partition coefficient (Wildman–Crippen LogP) is -0.389. The number of carbonyl (C=O) groups is 1. The van der Waals surface area contributed by atoms with E-state index < -0.39 is 11.9 Å². The Hall–Kier alpha value is -1.59. The zero-order valence-corrected chi connectivity index (χ0v) is 8.19. The molecule has 1 amide bonds. The second-order valence-corrected chi connectivity index (χ2v) is 3.45. The van der Waals surface area contributed by atoms with Gasteiger partial charge in [0.1, 0.15) is 11.8 Å². The third-order valence-corrected chi connectivity index (χ3v) is 2.50. The molecule has 1 aliphatic rings. The lowest BCUT2D eigenvalue weighted by Crippen LogP contribution is -2.38. The van der Waals surface area contributed by atoms with E-state index in [4.69, 9.17) is 16.3 Å². The highest BCUT2D eigenvalue weighted by Gasteiger charge is 2.18. The number of rotatable bonds is 2. The number of ether oxygens (including phenoxy) is 1. The Kier molecular flexibility index (Phi) is 2.57. The molecule has 1 heterocycles. The molecule has 5 N–H and O–H groups in total. The molecule has 0 bridgehead atoms. The number of nitrogens with two attached hydrogens (primary N) is 2. The Morgan fingerprint density at radius 2 is 2.33 bits per heavy atom. The maximum atomic E-state index is 11.2. The molecular weight excluding hydrogens is 194 g/mol. The first kappa shape index (κ1) is 9.95. The topological polar surface area (TPSA) is 90.4 Å². The van der Waals surface area contributed by atoms with Crippen molar-refractivity contribution in [3.05, 3.63) is 29.3 Å². The molecule has 0 saturated heterocycles. The summed E-state index contributed by atoms with van der Waals surface area (Å²) in [6.07, 6.45) is 0.861. The van der Waals surface area contributed by atoms with E-state index in [0.717, 1.165) is 23.3 Å². The van der Waals surface area contributed by atoms with E-state index in [1.54, 1.807) is 6.07 Å². The van der Waals surface area contributed by atoms with Gasteiger partial charge in [-0.15, -0.1) is 0 Å². The number of hydrogen-bond acceptors (Lipinski definition) is 4. The number of hydrazine groups is 1. The van der Waals surface area contributed by atoms with Crippen LogP contribution >= 0.6 is 0 Å². The minimum atomic E-state index is -0.721. The van der Waals surface area contributed by atoms with Gasteiger partial charge >= 0.3 is 0 Å². The summed E-state index contributed by atoms with van der Waals surface area (Å²) in [5.41, 5.74) is 9.59. The number of hydrogen-bond donors (Lipinski definition) is 3. The molecule has 15 heavy (non-hydrogen) atoms. The molecule has 1 aromatic rings. The smallest absolute Gasteiger partial charge is 0.255 e. The van der Waals surface area contributed by atoms with Crippen LogP contribution in [0.15, 0.2) is 18.2 Å². The van der Waals surface area contributed by atoms with Crippen LogP contribution in [0.2, 0.25) is 0 Å². The lowest BCUT2D eigenvalue weighted by molar-refractivity contribution is -0.122. The number of nitrogens with one attached hydrogen (secondary N) is 1. The van der Waals surface area contributed by atoms with Crippen molar-refractivity contribution in [1.82, 2.24) is 5.43 Å². The fourth-order valence-electron chi connectivity index (χ4n) is 1.64. The van der Waals surface area contributed by atoms with Crippen molar-refractivity contribution in [1.29, 1.82) is 0 Å². The van der Waals surface area contributed by atoms with Gasteiger partial charge in [-0.3, -0.25) is 10.2 Å². The lowest BCUT2D eigenvalue weighted by atomic mass is 10.0. The molecule has 0 radical (unpaired) electrons. The van der Waals surface area contributed by atoms with Crippen LogP contribution in [0.4, 0.5) is 0 Å². The summed E-state index contributed by atoms with van der Waals surface area (Å²) in [6.45, 7) is 0.692.